The first kappa shape index (κ1) is 24.2. The standard InChI is InChI=1S/C25H22FN3O5S/c1-28(2)35(33,34)20-11-7-18(8-12-20)23(30)21-22(17-5-9-19(26)10-6-17)29(25(32)24(21)31)15-16-4-3-13-27-14-16/h3-14,22,30H,15H2,1-2H3/b23-21+. The molecular weight excluding hydrogens is 473 g/mol. The molecular formula is C25H22FN3O5S. The summed E-state index contributed by atoms with van der Waals surface area (Å²) in [7, 11) is -0.935. The normalized spacial score (nSPS) is 17.8. The fourth-order valence-electron chi connectivity index (χ4n) is 3.90. The van der Waals surface area contributed by atoms with Gasteiger partial charge in [-0.15, -0.1) is 0 Å². The van der Waals surface area contributed by atoms with Crippen LogP contribution in [0.25, 0.3) is 5.76 Å². The van der Waals surface area contributed by atoms with Gasteiger partial charge >= 0.3 is 0 Å². The van der Waals surface area contributed by atoms with Crippen LogP contribution in [-0.4, -0.2) is 43.4 Å². The number of carbonyl (C=O) groups is 2. The molecule has 0 saturated carbocycles. The molecule has 1 amide bonds. The number of Topliss-reactive ketones (excluding diaryl/α,β-unsaturated/α-hetero) is 1. The molecule has 8 nitrogen and oxygen atoms in total. The van der Waals surface area contributed by atoms with Crippen LogP contribution in [0.2, 0.25) is 0 Å². The molecule has 1 aromatic heterocycles. The highest BCUT2D eigenvalue weighted by Crippen LogP contribution is 2.39. The second kappa shape index (κ2) is 9.40. The molecule has 0 spiro atoms. The first-order valence-electron chi connectivity index (χ1n) is 10.6. The molecule has 1 saturated heterocycles. The SMILES string of the molecule is CN(C)S(=O)(=O)c1ccc(/C([O-])=C2\C(=O)C(=O)N(Cc3ccc[nH+]c3)C2c2ccc(F)cc2)cc1. The number of nitrogens with one attached hydrogen (secondary N) is 1. The molecule has 1 atom stereocenters. The Morgan fingerprint density at radius 2 is 1.71 bits per heavy atom. The zero-order valence-corrected chi connectivity index (χ0v) is 19.8. The summed E-state index contributed by atoms with van der Waals surface area (Å²) in [5.41, 5.74) is 0.888. The van der Waals surface area contributed by atoms with Gasteiger partial charge in [-0.1, -0.05) is 30.0 Å². The number of H-pyrrole nitrogens is 1. The van der Waals surface area contributed by atoms with Crippen molar-refractivity contribution < 1.29 is 32.5 Å². The van der Waals surface area contributed by atoms with Gasteiger partial charge in [0, 0.05) is 31.3 Å². The zero-order chi connectivity index (χ0) is 25.3. The van der Waals surface area contributed by atoms with Crippen molar-refractivity contribution in [1.82, 2.24) is 9.21 Å². The lowest BCUT2D eigenvalue weighted by Gasteiger charge is -2.27. The maximum absolute atomic E-state index is 13.6. The largest absolute Gasteiger partial charge is 0.872 e. The molecule has 2 heterocycles. The second-order valence-electron chi connectivity index (χ2n) is 8.18. The minimum absolute atomic E-state index is 0.0186. The first-order valence-corrected chi connectivity index (χ1v) is 12.0. The summed E-state index contributed by atoms with van der Waals surface area (Å²) in [6.45, 7) is 0.0424. The highest BCUT2D eigenvalue weighted by Gasteiger charge is 2.44. The van der Waals surface area contributed by atoms with Gasteiger partial charge in [-0.25, -0.2) is 22.1 Å². The zero-order valence-electron chi connectivity index (χ0n) is 18.9. The summed E-state index contributed by atoms with van der Waals surface area (Å²) < 4.78 is 39.3. The number of aromatic amines is 1. The van der Waals surface area contributed by atoms with E-state index < -0.39 is 39.3 Å². The smallest absolute Gasteiger partial charge is 0.295 e. The topological polar surface area (TPSA) is 112 Å². The number of carbonyl (C=O) groups excluding carboxylic acids is 2. The van der Waals surface area contributed by atoms with Gasteiger partial charge in [0.1, 0.15) is 5.82 Å². The number of aromatic nitrogens is 1. The molecule has 1 fully saturated rings. The van der Waals surface area contributed by atoms with Gasteiger partial charge in [-0.05, 0) is 41.5 Å². The monoisotopic (exact) mass is 495 g/mol. The molecule has 180 valence electrons. The Morgan fingerprint density at radius 1 is 1.06 bits per heavy atom. The number of hydrogen-bond acceptors (Lipinski definition) is 5. The van der Waals surface area contributed by atoms with E-state index in [1.807, 2.05) is 0 Å². The minimum atomic E-state index is -3.71. The van der Waals surface area contributed by atoms with E-state index in [0.717, 1.165) is 4.31 Å². The number of ketones is 1. The van der Waals surface area contributed by atoms with E-state index >= 15 is 0 Å². The lowest BCUT2D eigenvalue weighted by atomic mass is 9.95. The van der Waals surface area contributed by atoms with Crippen molar-refractivity contribution in [3.05, 3.63) is 101 Å². The Labute approximate surface area is 202 Å². The van der Waals surface area contributed by atoms with Gasteiger partial charge in [0.15, 0.2) is 12.4 Å². The van der Waals surface area contributed by atoms with Crippen LogP contribution in [0.5, 0.6) is 0 Å². The van der Waals surface area contributed by atoms with Gasteiger partial charge in [-0.3, -0.25) is 9.59 Å². The molecule has 1 unspecified atom stereocenters. The van der Waals surface area contributed by atoms with Crippen LogP contribution in [0, 0.1) is 5.82 Å². The average Bonchev–Trinajstić information content (AvgIpc) is 3.09. The number of hydrogen-bond donors (Lipinski definition) is 0. The Bertz CT molecular complexity index is 1400. The number of rotatable bonds is 6. The fraction of sp³-hybridized carbons (Fsp3) is 0.160. The Kier molecular flexibility index (Phi) is 6.51. The van der Waals surface area contributed by atoms with E-state index in [1.54, 1.807) is 24.5 Å². The first-order chi connectivity index (χ1) is 16.6. The number of nitrogens with zero attached hydrogens (tertiary/aromatic N) is 2. The third kappa shape index (κ3) is 4.58. The summed E-state index contributed by atoms with van der Waals surface area (Å²) >= 11 is 0. The predicted molar refractivity (Wildman–Crippen MR) is 122 cm³/mol. The number of sulfonamides is 1. The van der Waals surface area contributed by atoms with Crippen molar-refractivity contribution in [2.75, 3.05) is 14.1 Å². The number of likely N-dealkylation sites (tertiary alicyclic amines) is 1. The van der Waals surface area contributed by atoms with Crippen molar-refractivity contribution >= 4 is 27.5 Å². The predicted octanol–water partition coefficient (Wildman–Crippen LogP) is 1.31. The van der Waals surface area contributed by atoms with E-state index in [4.69, 9.17) is 0 Å². The van der Waals surface area contributed by atoms with Crippen LogP contribution in [0.15, 0.2) is 83.5 Å². The number of amides is 1. The molecule has 10 heteroatoms. The van der Waals surface area contributed by atoms with Crippen molar-refractivity contribution in [1.29, 1.82) is 0 Å². The van der Waals surface area contributed by atoms with Gasteiger partial charge in [0.25, 0.3) is 5.91 Å². The van der Waals surface area contributed by atoms with Gasteiger partial charge in [-0.2, -0.15) is 0 Å². The summed E-state index contributed by atoms with van der Waals surface area (Å²) in [5.74, 6) is -3.00. The Balaban J connectivity index is 1.82. The average molecular weight is 496 g/mol. The maximum Gasteiger partial charge on any atom is 0.295 e. The van der Waals surface area contributed by atoms with Crippen molar-refractivity contribution in [2.24, 2.45) is 0 Å². The summed E-state index contributed by atoms with van der Waals surface area (Å²) in [6.07, 6.45) is 3.36. The molecule has 2 aromatic carbocycles. The molecule has 35 heavy (non-hydrogen) atoms. The Hall–Kier alpha value is -3.89. The number of halogens is 1. The van der Waals surface area contributed by atoms with Crippen molar-refractivity contribution in [3.63, 3.8) is 0 Å². The van der Waals surface area contributed by atoms with Crippen molar-refractivity contribution in [3.8, 4) is 0 Å². The summed E-state index contributed by atoms with van der Waals surface area (Å²) in [6, 6.07) is 12.9. The van der Waals surface area contributed by atoms with Crippen LogP contribution in [0.1, 0.15) is 22.7 Å². The maximum atomic E-state index is 13.6. The molecule has 0 bridgehead atoms. The quantitative estimate of drug-likeness (QED) is 0.291. The molecule has 1 aliphatic heterocycles. The van der Waals surface area contributed by atoms with E-state index in [-0.39, 0.29) is 22.6 Å². The summed E-state index contributed by atoms with van der Waals surface area (Å²) in [5, 5.41) is 13.5. The third-order valence-electron chi connectivity index (χ3n) is 5.73. The van der Waals surface area contributed by atoms with Crippen LogP contribution in [0.4, 0.5) is 4.39 Å². The lowest BCUT2D eigenvalue weighted by Crippen LogP contribution is -2.29. The third-order valence-corrected chi connectivity index (χ3v) is 7.56. The molecule has 1 N–H and O–H groups in total. The minimum Gasteiger partial charge on any atom is -0.872 e. The fourth-order valence-corrected chi connectivity index (χ4v) is 4.80. The molecule has 0 radical (unpaired) electrons. The summed E-state index contributed by atoms with van der Waals surface area (Å²) in [4.78, 5) is 30.2. The van der Waals surface area contributed by atoms with Crippen LogP contribution in [0.3, 0.4) is 0 Å². The van der Waals surface area contributed by atoms with Crippen LogP contribution < -0.4 is 10.1 Å². The number of pyridine rings is 1. The van der Waals surface area contributed by atoms with Gasteiger partial charge < -0.3 is 10.0 Å². The molecule has 4 rings (SSSR count). The highest BCUT2D eigenvalue weighted by molar-refractivity contribution is 7.89. The van der Waals surface area contributed by atoms with E-state index in [0.29, 0.717) is 11.1 Å². The second-order valence-corrected chi connectivity index (χ2v) is 10.3. The van der Waals surface area contributed by atoms with E-state index in [9.17, 15) is 27.5 Å². The van der Waals surface area contributed by atoms with Crippen LogP contribution in [-0.2, 0) is 26.2 Å². The van der Waals surface area contributed by atoms with E-state index in [2.05, 4.69) is 4.98 Å². The molecule has 3 aromatic rings. The molecule has 0 aliphatic carbocycles. The Morgan fingerprint density at radius 3 is 2.29 bits per heavy atom. The number of benzene rings is 2. The molecule has 1 aliphatic rings. The highest BCUT2D eigenvalue weighted by atomic mass is 32.2. The van der Waals surface area contributed by atoms with Gasteiger partial charge in [0.2, 0.25) is 15.8 Å². The van der Waals surface area contributed by atoms with Crippen molar-refractivity contribution in [2.45, 2.75) is 17.5 Å². The van der Waals surface area contributed by atoms with Gasteiger partial charge in [0.05, 0.1) is 17.5 Å². The van der Waals surface area contributed by atoms with E-state index in [1.165, 1.54) is 67.5 Å². The van der Waals surface area contributed by atoms with Crippen LogP contribution >= 0.6 is 0 Å². The lowest BCUT2D eigenvalue weighted by molar-refractivity contribution is -0.378.